The highest BCUT2D eigenvalue weighted by Gasteiger charge is 2.23. The first-order valence-electron chi connectivity index (χ1n) is 18.7. The zero-order valence-electron chi connectivity index (χ0n) is 29.8. The van der Waals surface area contributed by atoms with Gasteiger partial charge in [-0.1, -0.05) is 152 Å². The number of fused-ring (bicyclic) bond motifs is 7. The molecule has 2 nitrogen and oxygen atoms in total. The lowest BCUT2D eigenvalue weighted by Gasteiger charge is -2.30. The molecule has 3 heteroatoms. The number of hydrogen-bond donors (Lipinski definition) is 0. The Balaban J connectivity index is 1.16. The number of anilines is 3. The van der Waals surface area contributed by atoms with Crippen LogP contribution in [0, 0.1) is 0 Å². The molecule has 0 saturated heterocycles. The first kappa shape index (κ1) is 31.6. The molecule has 0 unspecified atom stereocenters. The average Bonchev–Trinajstić information content (AvgIpc) is 3.82. The van der Waals surface area contributed by atoms with Crippen LogP contribution in [-0.4, -0.2) is 0 Å². The molecule has 0 radical (unpaired) electrons. The first-order valence-corrected chi connectivity index (χ1v) is 19.5. The lowest BCUT2D eigenvalue weighted by molar-refractivity contribution is 0.669. The molecule has 55 heavy (non-hydrogen) atoms. The van der Waals surface area contributed by atoms with Gasteiger partial charge in [0.25, 0.3) is 0 Å². The summed E-state index contributed by atoms with van der Waals surface area (Å²) in [6.07, 6.45) is 0. The van der Waals surface area contributed by atoms with E-state index in [0.29, 0.717) is 0 Å². The molecule has 0 aliphatic heterocycles. The highest BCUT2D eigenvalue weighted by Crippen LogP contribution is 2.48. The van der Waals surface area contributed by atoms with E-state index in [2.05, 4.69) is 193 Å². The predicted molar refractivity (Wildman–Crippen MR) is 235 cm³/mol. The van der Waals surface area contributed by atoms with Gasteiger partial charge in [-0.25, -0.2) is 0 Å². The topological polar surface area (TPSA) is 16.4 Å². The number of nitrogens with zero attached hydrogens (tertiary/aromatic N) is 1. The maximum absolute atomic E-state index is 6.51. The van der Waals surface area contributed by atoms with E-state index in [1.54, 1.807) is 0 Å². The lowest BCUT2D eigenvalue weighted by atomic mass is 9.90. The second-order valence-electron chi connectivity index (χ2n) is 14.0. The normalized spacial score (nSPS) is 11.6. The van der Waals surface area contributed by atoms with Crippen molar-refractivity contribution in [3.05, 3.63) is 200 Å². The zero-order valence-corrected chi connectivity index (χ0v) is 30.6. The van der Waals surface area contributed by atoms with Crippen LogP contribution in [0.25, 0.3) is 86.3 Å². The summed E-state index contributed by atoms with van der Waals surface area (Å²) in [5.41, 5.74) is 12.0. The van der Waals surface area contributed by atoms with Crippen LogP contribution in [0.15, 0.2) is 205 Å². The van der Waals surface area contributed by atoms with Crippen molar-refractivity contribution in [2.45, 2.75) is 0 Å². The number of furan rings is 1. The summed E-state index contributed by atoms with van der Waals surface area (Å²) in [6, 6.07) is 72.3. The summed E-state index contributed by atoms with van der Waals surface area (Å²) in [4.78, 5) is 2.42. The Hall–Kier alpha value is -6.94. The molecule has 0 bridgehead atoms. The van der Waals surface area contributed by atoms with Crippen molar-refractivity contribution in [3.8, 4) is 33.4 Å². The molecule has 0 spiro atoms. The fourth-order valence-electron chi connectivity index (χ4n) is 8.38. The van der Waals surface area contributed by atoms with Crippen LogP contribution in [0.3, 0.4) is 0 Å². The molecule has 11 aromatic rings. The van der Waals surface area contributed by atoms with Crippen molar-refractivity contribution < 1.29 is 4.42 Å². The summed E-state index contributed by atoms with van der Waals surface area (Å²) in [5.74, 6) is 0. The van der Waals surface area contributed by atoms with E-state index < -0.39 is 0 Å². The van der Waals surface area contributed by atoms with Crippen LogP contribution < -0.4 is 4.90 Å². The van der Waals surface area contributed by atoms with Crippen molar-refractivity contribution in [1.29, 1.82) is 0 Å². The number of thiophene rings is 1. The molecule has 11 rings (SSSR count). The van der Waals surface area contributed by atoms with Crippen LogP contribution in [0.2, 0.25) is 0 Å². The van der Waals surface area contributed by atoms with Crippen molar-refractivity contribution >= 4 is 81.3 Å². The van der Waals surface area contributed by atoms with Gasteiger partial charge < -0.3 is 9.32 Å². The van der Waals surface area contributed by atoms with E-state index in [4.69, 9.17) is 4.42 Å². The van der Waals surface area contributed by atoms with Gasteiger partial charge in [-0.05, 0) is 75.5 Å². The van der Waals surface area contributed by atoms with Gasteiger partial charge in [0.05, 0.1) is 11.4 Å². The minimum absolute atomic E-state index is 0.863. The molecule has 0 saturated carbocycles. The van der Waals surface area contributed by atoms with Crippen LogP contribution in [0.1, 0.15) is 0 Å². The second kappa shape index (κ2) is 12.9. The maximum Gasteiger partial charge on any atom is 0.137 e. The summed E-state index contributed by atoms with van der Waals surface area (Å²) >= 11 is 1.85. The van der Waals surface area contributed by atoms with Crippen LogP contribution in [-0.2, 0) is 0 Å². The Morgan fingerprint density at radius 3 is 1.76 bits per heavy atom. The van der Waals surface area contributed by atoms with Gasteiger partial charge >= 0.3 is 0 Å². The Labute approximate surface area is 322 Å². The van der Waals surface area contributed by atoms with E-state index in [0.717, 1.165) is 50.1 Å². The van der Waals surface area contributed by atoms with Gasteiger partial charge in [0.15, 0.2) is 0 Å². The minimum Gasteiger partial charge on any atom is -0.456 e. The number of benzene rings is 9. The zero-order chi connectivity index (χ0) is 36.3. The summed E-state index contributed by atoms with van der Waals surface area (Å²) in [5, 5.41) is 7.30. The Bertz CT molecular complexity index is 3240. The monoisotopic (exact) mass is 719 g/mol. The SMILES string of the molecule is c1ccc(-c2cccc3ccccc23)c(-c2ccccc2N(c2ccc3c(c2)oc2ccccc23)c2ccccc2-c2ccc3c(c2)sc2ccccc23)c1. The standard InChI is InChI=1S/C52H33NOS/c1-2-16-37-34(14-1)15-13-23-39(37)40-18-3-4-19-41(40)42-20-6-10-25-48(42)53(36-29-31-44-43-21-7-11-26-49(43)54-50(44)33-36)47-24-9-5-17-38(47)35-28-30-46-45-22-8-12-27-51(45)55-52(46)32-35/h1-33H. The fraction of sp³-hybridized carbons (Fsp3) is 0. The highest BCUT2D eigenvalue weighted by atomic mass is 32.1. The van der Waals surface area contributed by atoms with Crippen LogP contribution >= 0.6 is 11.3 Å². The summed E-state index contributed by atoms with van der Waals surface area (Å²) < 4.78 is 9.11. The molecule has 2 heterocycles. The fourth-order valence-corrected chi connectivity index (χ4v) is 9.52. The molecule has 0 fully saturated rings. The Kier molecular flexibility index (Phi) is 7.39. The summed E-state index contributed by atoms with van der Waals surface area (Å²) in [7, 11) is 0. The minimum atomic E-state index is 0.863. The van der Waals surface area contributed by atoms with Crippen molar-refractivity contribution in [2.24, 2.45) is 0 Å². The quantitative estimate of drug-likeness (QED) is 0.170. The van der Waals surface area contributed by atoms with Gasteiger partial charge in [0.2, 0.25) is 0 Å². The molecule has 0 aliphatic carbocycles. The average molecular weight is 720 g/mol. The molecular formula is C52H33NOS. The molecule has 0 amide bonds. The molecule has 9 aromatic carbocycles. The first-order chi connectivity index (χ1) is 27.3. The third-order valence-corrected chi connectivity index (χ3v) is 12.0. The smallest absolute Gasteiger partial charge is 0.137 e. The van der Waals surface area contributed by atoms with Crippen LogP contribution in [0.5, 0.6) is 0 Å². The Morgan fingerprint density at radius 1 is 0.345 bits per heavy atom. The highest BCUT2D eigenvalue weighted by molar-refractivity contribution is 7.25. The molecule has 0 atom stereocenters. The van der Waals surface area contributed by atoms with E-state index in [1.165, 1.54) is 53.2 Å². The van der Waals surface area contributed by atoms with E-state index in [9.17, 15) is 0 Å². The number of para-hydroxylation sites is 3. The lowest BCUT2D eigenvalue weighted by Crippen LogP contribution is -2.12. The van der Waals surface area contributed by atoms with Gasteiger partial charge in [-0.2, -0.15) is 0 Å². The van der Waals surface area contributed by atoms with Crippen LogP contribution in [0.4, 0.5) is 17.1 Å². The molecule has 0 N–H and O–H groups in total. The third kappa shape index (κ3) is 5.24. The van der Waals surface area contributed by atoms with Crippen molar-refractivity contribution in [3.63, 3.8) is 0 Å². The van der Waals surface area contributed by atoms with E-state index >= 15 is 0 Å². The predicted octanol–water partition coefficient (Wildman–Crippen LogP) is 15.6. The Morgan fingerprint density at radius 2 is 0.909 bits per heavy atom. The number of rotatable bonds is 6. The van der Waals surface area contributed by atoms with Crippen molar-refractivity contribution in [1.82, 2.24) is 0 Å². The maximum atomic E-state index is 6.51. The number of hydrogen-bond acceptors (Lipinski definition) is 3. The summed E-state index contributed by atoms with van der Waals surface area (Å²) in [6.45, 7) is 0. The van der Waals surface area contributed by atoms with Gasteiger partial charge in [0, 0.05) is 53.8 Å². The van der Waals surface area contributed by atoms with Crippen molar-refractivity contribution in [2.75, 3.05) is 4.90 Å². The third-order valence-electron chi connectivity index (χ3n) is 10.9. The second-order valence-corrected chi connectivity index (χ2v) is 15.1. The van der Waals surface area contributed by atoms with E-state index in [1.807, 2.05) is 23.5 Å². The largest absolute Gasteiger partial charge is 0.456 e. The van der Waals surface area contributed by atoms with Gasteiger partial charge in [-0.15, -0.1) is 11.3 Å². The van der Waals surface area contributed by atoms with E-state index in [-0.39, 0.29) is 0 Å². The van der Waals surface area contributed by atoms with Gasteiger partial charge in [0.1, 0.15) is 11.2 Å². The molecule has 2 aromatic heterocycles. The molecule has 0 aliphatic rings. The molecule has 258 valence electrons. The molecular weight excluding hydrogens is 687 g/mol. The van der Waals surface area contributed by atoms with Gasteiger partial charge in [-0.3, -0.25) is 0 Å².